The number of allylic oxidation sites excluding steroid dienone is 11. The molecule has 0 unspecified atom stereocenters. The average molecular weight is 369 g/mol. The number of rotatable bonds is 14. The van der Waals surface area contributed by atoms with Crippen LogP contribution >= 0.6 is 0 Å². The second-order valence-electron chi connectivity index (χ2n) is 5.58. The van der Waals surface area contributed by atoms with E-state index in [-0.39, 0.29) is 52.8 Å². The monoisotopic (exact) mass is 368 g/mol. The van der Waals surface area contributed by atoms with Crippen LogP contribution in [0.2, 0.25) is 0 Å². The van der Waals surface area contributed by atoms with E-state index in [1.54, 1.807) is 12.2 Å². The minimum absolute atomic E-state index is 0. The summed E-state index contributed by atoms with van der Waals surface area (Å²) in [5, 5.41) is 8.39. The van der Waals surface area contributed by atoms with E-state index in [1.165, 1.54) is 51.0 Å². The molecule has 0 fully saturated rings. The fourth-order valence-corrected chi connectivity index (χ4v) is 2.05. The second kappa shape index (κ2) is 23.5. The number of unbranched alkanes of at least 4 members (excludes halogenated alkanes) is 7. The van der Waals surface area contributed by atoms with Gasteiger partial charge in [-0.3, -0.25) is 0 Å². The fourth-order valence-electron chi connectivity index (χ4n) is 2.05. The van der Waals surface area contributed by atoms with E-state index in [1.807, 2.05) is 36.5 Å². The number of hydrogen-bond acceptors (Lipinski definition) is 1. The zero-order chi connectivity index (χ0) is 17.7. The predicted octanol–water partition coefficient (Wildman–Crippen LogP) is 3.67. The molecule has 134 valence electrons. The first-order chi connectivity index (χ1) is 11.8. The summed E-state index contributed by atoms with van der Waals surface area (Å²) in [6, 6.07) is 0. The van der Waals surface area contributed by atoms with Crippen molar-refractivity contribution in [1.82, 2.24) is 0 Å². The van der Waals surface area contributed by atoms with Gasteiger partial charge in [-0.05, 0) is 12.8 Å². The van der Waals surface area contributed by atoms with Gasteiger partial charge in [-0.25, -0.2) is 4.79 Å². The van der Waals surface area contributed by atoms with Crippen molar-refractivity contribution in [1.29, 1.82) is 0 Å². The van der Waals surface area contributed by atoms with Crippen LogP contribution in [0.3, 0.4) is 0 Å². The van der Waals surface area contributed by atoms with E-state index in [0.29, 0.717) is 0 Å². The molecular formula is C22H33KO2. The Morgan fingerprint density at radius 2 is 1.16 bits per heavy atom. The largest absolute Gasteiger partial charge is 1.00 e. The Balaban J connectivity index is -0.00000264. The predicted molar refractivity (Wildman–Crippen MR) is 106 cm³/mol. The summed E-state index contributed by atoms with van der Waals surface area (Å²) in [7, 11) is 0. The molecule has 0 amide bonds. The molecule has 0 radical (unpaired) electrons. The van der Waals surface area contributed by atoms with E-state index in [4.69, 9.17) is 5.11 Å². The Morgan fingerprint density at radius 1 is 0.720 bits per heavy atom. The van der Waals surface area contributed by atoms with Crippen LogP contribution in [0.15, 0.2) is 72.9 Å². The van der Waals surface area contributed by atoms with Crippen molar-refractivity contribution in [3.05, 3.63) is 72.9 Å². The van der Waals surface area contributed by atoms with E-state index >= 15 is 0 Å². The molecule has 3 heteroatoms. The molecule has 0 bridgehead atoms. The van der Waals surface area contributed by atoms with E-state index in [9.17, 15) is 4.79 Å². The topological polar surface area (TPSA) is 37.3 Å². The van der Waals surface area contributed by atoms with Crippen LogP contribution in [0.5, 0.6) is 0 Å². The number of aliphatic carboxylic acids is 1. The summed E-state index contributed by atoms with van der Waals surface area (Å²) in [6.07, 6.45) is 32.7. The molecule has 0 aromatic heterocycles. The van der Waals surface area contributed by atoms with Gasteiger partial charge in [0.05, 0.1) is 0 Å². The van der Waals surface area contributed by atoms with Gasteiger partial charge in [-0.15, -0.1) is 0 Å². The zero-order valence-corrected chi connectivity index (χ0v) is 19.1. The molecule has 0 aliphatic carbocycles. The van der Waals surface area contributed by atoms with Gasteiger partial charge in [0.15, 0.2) is 0 Å². The maximum absolute atomic E-state index is 10.2. The minimum Gasteiger partial charge on any atom is -1.00 e. The Bertz CT molecular complexity index is 475. The van der Waals surface area contributed by atoms with E-state index < -0.39 is 5.97 Å². The smallest absolute Gasteiger partial charge is 1.00 e. The van der Waals surface area contributed by atoms with Gasteiger partial charge in [0.1, 0.15) is 0 Å². The van der Waals surface area contributed by atoms with E-state index in [0.717, 1.165) is 12.5 Å². The second-order valence-corrected chi connectivity index (χ2v) is 5.58. The molecule has 0 aromatic carbocycles. The molecule has 0 saturated heterocycles. The normalized spacial score (nSPS) is 12.5. The van der Waals surface area contributed by atoms with Crippen molar-refractivity contribution in [2.75, 3.05) is 0 Å². The van der Waals surface area contributed by atoms with Crippen molar-refractivity contribution >= 4 is 5.97 Å². The summed E-state index contributed by atoms with van der Waals surface area (Å²) in [4.78, 5) is 10.2. The molecule has 1 N–H and O–H groups in total. The van der Waals surface area contributed by atoms with Gasteiger partial charge in [0, 0.05) is 6.08 Å². The summed E-state index contributed by atoms with van der Waals surface area (Å²) < 4.78 is 0. The molecule has 0 aromatic rings. The standard InChI is InChI=1S/C22H32O2.K.H/c1-2-3-4-5-6-7-8-9-10-11-12-13-14-15-16-17-18-19-20-21-22(23)24;;/h10-21H,2-9H2,1H3,(H,23,24);;/q;+1;-1. The summed E-state index contributed by atoms with van der Waals surface area (Å²) in [5.74, 6) is -0.936. The number of carboxylic acid groups (broad SMARTS) is 1. The molecule has 0 heterocycles. The number of hydrogen-bond donors (Lipinski definition) is 1. The molecule has 0 aliphatic heterocycles. The quantitative estimate of drug-likeness (QED) is 0.220. The maximum atomic E-state index is 10.2. The Morgan fingerprint density at radius 3 is 1.68 bits per heavy atom. The van der Waals surface area contributed by atoms with Crippen molar-refractivity contribution < 1.29 is 62.7 Å². The van der Waals surface area contributed by atoms with Crippen LogP contribution < -0.4 is 51.4 Å². The van der Waals surface area contributed by atoms with Crippen LogP contribution in [0.1, 0.15) is 59.7 Å². The zero-order valence-electron chi connectivity index (χ0n) is 16.9. The van der Waals surface area contributed by atoms with Gasteiger partial charge in [0.25, 0.3) is 0 Å². The minimum atomic E-state index is -0.936. The van der Waals surface area contributed by atoms with Crippen molar-refractivity contribution in [3.8, 4) is 0 Å². The Hall–Kier alpha value is -0.454. The van der Waals surface area contributed by atoms with Crippen molar-refractivity contribution in [2.24, 2.45) is 0 Å². The average Bonchev–Trinajstić information content (AvgIpc) is 2.56. The van der Waals surface area contributed by atoms with Crippen molar-refractivity contribution in [2.45, 2.75) is 58.3 Å². The maximum Gasteiger partial charge on any atom is 1.00 e. The number of carboxylic acids is 1. The van der Waals surface area contributed by atoms with Gasteiger partial charge in [-0.2, -0.15) is 0 Å². The molecule has 2 nitrogen and oxygen atoms in total. The van der Waals surface area contributed by atoms with Gasteiger partial charge in [-0.1, -0.05) is 112 Å². The van der Waals surface area contributed by atoms with Crippen LogP contribution in [-0.4, -0.2) is 11.1 Å². The van der Waals surface area contributed by atoms with Crippen LogP contribution in [0, 0.1) is 0 Å². The third-order valence-corrected chi connectivity index (χ3v) is 3.35. The third kappa shape index (κ3) is 25.9. The Kier molecular flexibility index (Phi) is 25.2. The van der Waals surface area contributed by atoms with Gasteiger partial charge in [0.2, 0.25) is 0 Å². The summed E-state index contributed by atoms with van der Waals surface area (Å²) in [6.45, 7) is 2.25. The van der Waals surface area contributed by atoms with Crippen LogP contribution in [-0.2, 0) is 4.79 Å². The summed E-state index contributed by atoms with van der Waals surface area (Å²) >= 11 is 0. The van der Waals surface area contributed by atoms with E-state index in [2.05, 4.69) is 19.1 Å². The number of carbonyl (C=O) groups is 1. The van der Waals surface area contributed by atoms with Crippen molar-refractivity contribution in [3.63, 3.8) is 0 Å². The van der Waals surface area contributed by atoms with Crippen LogP contribution in [0.4, 0.5) is 0 Å². The third-order valence-electron chi connectivity index (χ3n) is 3.35. The Labute approximate surface area is 198 Å². The summed E-state index contributed by atoms with van der Waals surface area (Å²) in [5.41, 5.74) is 0. The molecular weight excluding hydrogens is 335 g/mol. The molecule has 0 spiro atoms. The first-order valence-electron chi connectivity index (χ1n) is 9.00. The van der Waals surface area contributed by atoms with Gasteiger partial charge < -0.3 is 6.53 Å². The van der Waals surface area contributed by atoms with Gasteiger partial charge >= 0.3 is 57.4 Å². The first kappa shape index (κ1) is 26.8. The fraction of sp³-hybridized carbons (Fsp3) is 0.409. The molecule has 0 rings (SSSR count). The molecule has 0 saturated carbocycles. The SMILES string of the molecule is CCCCCCCCCC=CC=CC=CC=CC=CC=CC(=O)O.[H-].[K+]. The molecule has 25 heavy (non-hydrogen) atoms. The van der Waals surface area contributed by atoms with Crippen LogP contribution in [0.25, 0.3) is 0 Å². The molecule has 0 aliphatic rings. The molecule has 0 atom stereocenters. The first-order valence-corrected chi connectivity index (χ1v) is 9.00.